The van der Waals surface area contributed by atoms with Crippen LogP contribution in [0.25, 0.3) is 0 Å². The van der Waals surface area contributed by atoms with Crippen molar-refractivity contribution in [2.75, 3.05) is 14.2 Å². The highest BCUT2D eigenvalue weighted by molar-refractivity contribution is 6.63. The van der Waals surface area contributed by atoms with Gasteiger partial charge in [-0.25, -0.2) is 0 Å². The number of hydrogen-bond acceptors (Lipinski definition) is 4. The van der Waals surface area contributed by atoms with Crippen molar-refractivity contribution in [3.05, 3.63) is 17.2 Å². The molecule has 1 aliphatic rings. The lowest BCUT2D eigenvalue weighted by molar-refractivity contribution is 0.00578. The molecule has 0 spiro atoms. The minimum atomic E-state index is -0.539. The highest BCUT2D eigenvalue weighted by Crippen LogP contribution is 2.38. The van der Waals surface area contributed by atoms with E-state index in [0.717, 1.165) is 5.46 Å². The van der Waals surface area contributed by atoms with E-state index >= 15 is 0 Å². The van der Waals surface area contributed by atoms with Crippen LogP contribution in [0.2, 0.25) is 5.02 Å². The molecule has 20 heavy (non-hydrogen) atoms. The summed E-state index contributed by atoms with van der Waals surface area (Å²) in [6.45, 7) is 8.00. The summed E-state index contributed by atoms with van der Waals surface area (Å²) < 4.78 is 22.7. The Morgan fingerprint density at radius 3 is 2.00 bits per heavy atom. The van der Waals surface area contributed by atoms with Crippen molar-refractivity contribution in [3.63, 3.8) is 0 Å². The number of methoxy groups -OCH3 is 2. The molecule has 1 aromatic carbocycles. The summed E-state index contributed by atoms with van der Waals surface area (Å²) in [5.41, 5.74) is -0.105. The number of ether oxygens (including phenoxy) is 2. The van der Waals surface area contributed by atoms with Crippen LogP contribution in [0.5, 0.6) is 11.5 Å². The lowest BCUT2D eigenvalue weighted by Gasteiger charge is -2.32. The van der Waals surface area contributed by atoms with Gasteiger partial charge in [-0.15, -0.1) is 0 Å². The molecule has 0 radical (unpaired) electrons. The van der Waals surface area contributed by atoms with Crippen molar-refractivity contribution in [3.8, 4) is 11.5 Å². The van der Waals surface area contributed by atoms with Crippen LogP contribution in [0, 0.1) is 0 Å². The lowest BCUT2D eigenvalue weighted by Crippen LogP contribution is -2.41. The molecular formula is C14H20BClO4. The maximum atomic E-state index is 6.22. The minimum Gasteiger partial charge on any atom is -0.497 e. The van der Waals surface area contributed by atoms with Gasteiger partial charge in [0, 0.05) is 11.5 Å². The molecular weight excluding hydrogens is 278 g/mol. The molecule has 1 heterocycles. The summed E-state index contributed by atoms with van der Waals surface area (Å²) in [5, 5.41) is 0.469. The number of benzene rings is 1. The van der Waals surface area contributed by atoms with E-state index in [1.807, 2.05) is 33.8 Å². The third-order valence-corrected chi connectivity index (χ3v) is 4.27. The third kappa shape index (κ3) is 2.50. The van der Waals surface area contributed by atoms with Crippen molar-refractivity contribution in [2.24, 2.45) is 0 Å². The average Bonchev–Trinajstić information content (AvgIpc) is 2.57. The number of rotatable bonds is 3. The normalized spacial score (nSPS) is 20.1. The molecule has 0 unspecified atom stereocenters. The third-order valence-electron chi connectivity index (χ3n) is 3.99. The molecule has 0 aromatic heterocycles. The monoisotopic (exact) mass is 298 g/mol. The van der Waals surface area contributed by atoms with Gasteiger partial charge in [0.25, 0.3) is 0 Å². The molecule has 0 aliphatic carbocycles. The summed E-state index contributed by atoms with van der Waals surface area (Å²) in [4.78, 5) is 0. The number of halogens is 1. The molecule has 1 aliphatic heterocycles. The van der Waals surface area contributed by atoms with Crippen molar-refractivity contribution < 1.29 is 18.8 Å². The van der Waals surface area contributed by atoms with Gasteiger partial charge < -0.3 is 18.8 Å². The first-order valence-corrected chi connectivity index (χ1v) is 6.86. The quantitative estimate of drug-likeness (QED) is 0.804. The predicted octanol–water partition coefficient (Wildman–Crippen LogP) is 2.66. The zero-order valence-electron chi connectivity index (χ0n) is 12.7. The van der Waals surface area contributed by atoms with Gasteiger partial charge in [0.15, 0.2) is 0 Å². The van der Waals surface area contributed by atoms with Crippen molar-refractivity contribution in [1.29, 1.82) is 0 Å². The van der Waals surface area contributed by atoms with Gasteiger partial charge in [-0.2, -0.15) is 0 Å². The van der Waals surface area contributed by atoms with Crippen LogP contribution >= 0.6 is 11.6 Å². The molecule has 1 aromatic rings. The molecule has 4 nitrogen and oxygen atoms in total. The number of hydrogen-bond donors (Lipinski definition) is 0. The van der Waals surface area contributed by atoms with Gasteiger partial charge in [-0.1, -0.05) is 11.6 Å². The second-order valence-corrected chi connectivity index (χ2v) is 6.23. The maximum absolute atomic E-state index is 6.22. The molecule has 0 atom stereocenters. The van der Waals surface area contributed by atoms with Crippen LogP contribution in [0.15, 0.2) is 12.1 Å². The lowest BCUT2D eigenvalue weighted by atomic mass is 9.78. The molecule has 0 amide bonds. The Balaban J connectivity index is 2.46. The van der Waals surface area contributed by atoms with Crippen LogP contribution in [0.3, 0.4) is 0 Å². The van der Waals surface area contributed by atoms with Crippen LogP contribution in [-0.2, 0) is 9.31 Å². The fourth-order valence-electron chi connectivity index (χ4n) is 2.07. The Labute approximate surface area is 125 Å². The summed E-state index contributed by atoms with van der Waals surface area (Å²) in [5.74, 6) is 1.19. The Morgan fingerprint density at radius 2 is 1.55 bits per heavy atom. The first-order chi connectivity index (χ1) is 9.21. The first kappa shape index (κ1) is 15.5. The summed E-state index contributed by atoms with van der Waals surface area (Å²) in [6, 6.07) is 3.53. The van der Waals surface area contributed by atoms with E-state index in [1.54, 1.807) is 20.3 Å². The molecule has 110 valence electrons. The van der Waals surface area contributed by atoms with Gasteiger partial charge in [0.05, 0.1) is 30.4 Å². The van der Waals surface area contributed by atoms with Gasteiger partial charge in [0.1, 0.15) is 11.5 Å². The summed E-state index contributed by atoms with van der Waals surface area (Å²) in [6.07, 6.45) is 0. The molecule has 1 saturated heterocycles. The highest BCUT2D eigenvalue weighted by Gasteiger charge is 2.52. The minimum absolute atomic E-state index is 0.418. The maximum Gasteiger partial charge on any atom is 0.498 e. The van der Waals surface area contributed by atoms with Crippen LogP contribution < -0.4 is 14.9 Å². The van der Waals surface area contributed by atoms with E-state index in [1.165, 1.54) is 0 Å². The Morgan fingerprint density at radius 1 is 1.00 bits per heavy atom. The Kier molecular flexibility index (Phi) is 3.97. The van der Waals surface area contributed by atoms with E-state index in [2.05, 4.69) is 0 Å². The largest absolute Gasteiger partial charge is 0.498 e. The fourth-order valence-corrected chi connectivity index (χ4v) is 2.36. The SMILES string of the molecule is COc1cc(Cl)c(OC)c(B2OC(C)(C)C(C)(C)O2)c1. The van der Waals surface area contributed by atoms with E-state index in [9.17, 15) is 0 Å². The molecule has 2 rings (SSSR count). The smallest absolute Gasteiger partial charge is 0.497 e. The Hall–Kier alpha value is -0.905. The predicted molar refractivity (Wildman–Crippen MR) is 80.3 cm³/mol. The van der Waals surface area contributed by atoms with Crippen molar-refractivity contribution in [1.82, 2.24) is 0 Å². The molecule has 6 heteroatoms. The van der Waals surface area contributed by atoms with E-state index < -0.39 is 18.3 Å². The van der Waals surface area contributed by atoms with Crippen molar-refractivity contribution >= 4 is 24.2 Å². The highest BCUT2D eigenvalue weighted by atomic mass is 35.5. The van der Waals surface area contributed by atoms with E-state index in [-0.39, 0.29) is 0 Å². The Bertz CT molecular complexity index is 500. The molecule has 1 fully saturated rings. The standard InChI is InChI=1S/C14H20BClO4/c1-13(2)14(3,4)20-15(19-13)10-7-9(17-5)8-11(16)12(10)18-6/h7-8H,1-6H3. The molecule has 0 bridgehead atoms. The van der Waals surface area contributed by atoms with Crippen LogP contribution in [0.1, 0.15) is 27.7 Å². The van der Waals surface area contributed by atoms with Crippen LogP contribution in [-0.4, -0.2) is 32.5 Å². The van der Waals surface area contributed by atoms with Gasteiger partial charge in [-0.3, -0.25) is 0 Å². The first-order valence-electron chi connectivity index (χ1n) is 6.49. The van der Waals surface area contributed by atoms with Gasteiger partial charge in [-0.05, 0) is 33.8 Å². The van der Waals surface area contributed by atoms with Crippen LogP contribution in [0.4, 0.5) is 0 Å². The van der Waals surface area contributed by atoms with Gasteiger partial charge >= 0.3 is 7.12 Å². The topological polar surface area (TPSA) is 36.9 Å². The summed E-state index contributed by atoms with van der Waals surface area (Å²) >= 11 is 6.22. The fraction of sp³-hybridized carbons (Fsp3) is 0.571. The molecule has 0 N–H and O–H groups in total. The second kappa shape index (κ2) is 5.13. The van der Waals surface area contributed by atoms with Crippen molar-refractivity contribution in [2.45, 2.75) is 38.9 Å². The zero-order valence-corrected chi connectivity index (χ0v) is 13.5. The van der Waals surface area contributed by atoms with E-state index in [0.29, 0.717) is 16.5 Å². The molecule has 0 saturated carbocycles. The second-order valence-electron chi connectivity index (χ2n) is 5.82. The summed E-state index contributed by atoms with van der Waals surface area (Å²) in [7, 11) is 2.62. The van der Waals surface area contributed by atoms with Gasteiger partial charge in [0.2, 0.25) is 0 Å². The zero-order chi connectivity index (χ0) is 15.1. The van der Waals surface area contributed by atoms with E-state index in [4.69, 9.17) is 30.4 Å². The average molecular weight is 299 g/mol.